The number of benzene rings is 2. The van der Waals surface area contributed by atoms with E-state index in [-0.39, 0.29) is 12.2 Å². The molecule has 0 fully saturated rings. The number of hydrogen-bond acceptors (Lipinski definition) is 6. The van der Waals surface area contributed by atoms with Gasteiger partial charge in [0.1, 0.15) is 28.6 Å². The van der Waals surface area contributed by atoms with E-state index >= 15 is 0 Å². The first-order valence-corrected chi connectivity index (χ1v) is 5.99. The maximum atomic E-state index is 12.0. The molecule has 0 saturated carbocycles. The second kappa shape index (κ2) is 5.54. The minimum absolute atomic E-state index is 0.0337. The van der Waals surface area contributed by atoms with Crippen molar-refractivity contribution in [3.63, 3.8) is 0 Å². The normalized spacial score (nSPS) is 10.3. The van der Waals surface area contributed by atoms with Crippen LogP contribution in [-0.2, 0) is 11.2 Å². The largest absolute Gasteiger partial charge is 0.508 e. The van der Waals surface area contributed by atoms with Gasteiger partial charge in [-0.1, -0.05) is 12.1 Å². The zero-order chi connectivity index (χ0) is 15.6. The molecule has 0 radical (unpaired) electrons. The zero-order valence-corrected chi connectivity index (χ0v) is 10.8. The number of phenols is 4. The van der Waals surface area contributed by atoms with Crippen molar-refractivity contribution >= 4 is 11.6 Å². The molecule has 0 aromatic heterocycles. The van der Waals surface area contributed by atoms with E-state index in [1.54, 1.807) is 0 Å². The average molecular weight is 288 g/mol. The third kappa shape index (κ3) is 3.11. The molecule has 0 unspecified atom stereocenters. The summed E-state index contributed by atoms with van der Waals surface area (Å²) in [5, 5.41) is 37.4. The van der Waals surface area contributed by atoms with Crippen LogP contribution in [0.1, 0.15) is 15.9 Å². The summed E-state index contributed by atoms with van der Waals surface area (Å²) < 4.78 is 0. The van der Waals surface area contributed by atoms with Crippen molar-refractivity contribution in [2.24, 2.45) is 0 Å². The van der Waals surface area contributed by atoms with Gasteiger partial charge in [0.25, 0.3) is 0 Å². The topological polar surface area (TPSA) is 115 Å². The Balaban J connectivity index is 2.24. The minimum Gasteiger partial charge on any atom is -0.508 e. The van der Waals surface area contributed by atoms with Gasteiger partial charge >= 0.3 is 0 Å². The number of ketones is 2. The molecule has 0 atom stereocenters. The highest BCUT2D eigenvalue weighted by Gasteiger charge is 2.24. The van der Waals surface area contributed by atoms with Gasteiger partial charge in [0.15, 0.2) is 0 Å². The molecule has 2 aromatic rings. The number of carbonyl (C=O) groups is 2. The Labute approximate surface area is 119 Å². The van der Waals surface area contributed by atoms with E-state index in [4.69, 9.17) is 10.2 Å². The van der Waals surface area contributed by atoms with Crippen LogP contribution in [0.15, 0.2) is 36.4 Å². The SMILES string of the molecule is O=C(Cc1ccc(O)cc1)C(=O)c1c(O)cc(O)cc1O. The molecule has 0 aliphatic rings. The fourth-order valence-corrected chi connectivity index (χ4v) is 1.85. The van der Waals surface area contributed by atoms with Crippen LogP contribution in [0.25, 0.3) is 0 Å². The van der Waals surface area contributed by atoms with E-state index < -0.39 is 34.4 Å². The molecule has 6 nitrogen and oxygen atoms in total. The summed E-state index contributed by atoms with van der Waals surface area (Å²) in [7, 11) is 0. The summed E-state index contributed by atoms with van der Waals surface area (Å²) in [6.07, 6.45) is -0.237. The molecule has 0 bridgehead atoms. The van der Waals surface area contributed by atoms with E-state index in [9.17, 15) is 19.8 Å². The van der Waals surface area contributed by atoms with Gasteiger partial charge in [-0.05, 0) is 17.7 Å². The number of Topliss-reactive ketones (excluding diaryl/α,β-unsaturated/α-hetero) is 2. The Hall–Kier alpha value is -3.02. The summed E-state index contributed by atoms with van der Waals surface area (Å²) in [6, 6.07) is 7.45. The lowest BCUT2D eigenvalue weighted by Gasteiger charge is -2.06. The van der Waals surface area contributed by atoms with E-state index in [1.165, 1.54) is 24.3 Å². The molecule has 2 aromatic carbocycles. The first-order valence-electron chi connectivity index (χ1n) is 5.99. The van der Waals surface area contributed by atoms with Crippen molar-refractivity contribution in [2.75, 3.05) is 0 Å². The predicted molar refractivity (Wildman–Crippen MR) is 72.6 cm³/mol. The first kappa shape index (κ1) is 14.4. The Bertz CT molecular complexity index is 680. The lowest BCUT2D eigenvalue weighted by atomic mass is 10.00. The van der Waals surface area contributed by atoms with Crippen LogP contribution < -0.4 is 0 Å². The van der Waals surface area contributed by atoms with E-state index in [1.807, 2.05) is 0 Å². The number of phenolic OH excluding ortho intramolecular Hbond substituents is 4. The van der Waals surface area contributed by atoms with Gasteiger partial charge in [0, 0.05) is 18.6 Å². The van der Waals surface area contributed by atoms with Crippen LogP contribution in [0.3, 0.4) is 0 Å². The fraction of sp³-hybridized carbons (Fsp3) is 0.0667. The summed E-state index contributed by atoms with van der Waals surface area (Å²) in [5.74, 6) is -3.62. The molecular weight excluding hydrogens is 276 g/mol. The zero-order valence-electron chi connectivity index (χ0n) is 10.8. The maximum Gasteiger partial charge on any atom is 0.236 e. The molecule has 4 N–H and O–H groups in total. The smallest absolute Gasteiger partial charge is 0.236 e. The molecule has 0 amide bonds. The van der Waals surface area contributed by atoms with Crippen LogP contribution >= 0.6 is 0 Å². The number of carbonyl (C=O) groups excluding carboxylic acids is 2. The second-order valence-corrected chi connectivity index (χ2v) is 4.45. The van der Waals surface area contributed by atoms with Crippen molar-refractivity contribution in [1.29, 1.82) is 0 Å². The van der Waals surface area contributed by atoms with Gasteiger partial charge in [-0.25, -0.2) is 0 Å². The molecular formula is C15H12O6. The van der Waals surface area contributed by atoms with Crippen LogP contribution in [0.2, 0.25) is 0 Å². The molecule has 108 valence electrons. The lowest BCUT2D eigenvalue weighted by Crippen LogP contribution is -2.17. The summed E-state index contributed by atoms with van der Waals surface area (Å²) in [4.78, 5) is 23.9. The van der Waals surface area contributed by atoms with Gasteiger partial charge in [-0.3, -0.25) is 9.59 Å². The van der Waals surface area contributed by atoms with Gasteiger partial charge in [-0.15, -0.1) is 0 Å². The van der Waals surface area contributed by atoms with Crippen molar-refractivity contribution in [1.82, 2.24) is 0 Å². The van der Waals surface area contributed by atoms with Crippen molar-refractivity contribution < 1.29 is 30.0 Å². The third-order valence-corrected chi connectivity index (χ3v) is 2.86. The van der Waals surface area contributed by atoms with Crippen molar-refractivity contribution in [2.45, 2.75) is 6.42 Å². The lowest BCUT2D eigenvalue weighted by molar-refractivity contribution is -0.114. The summed E-state index contributed by atoms with van der Waals surface area (Å²) in [5.41, 5.74) is -0.0412. The Kier molecular flexibility index (Phi) is 3.80. The highest BCUT2D eigenvalue weighted by molar-refractivity contribution is 6.45. The first-order chi connectivity index (χ1) is 9.88. The van der Waals surface area contributed by atoms with E-state index in [0.717, 1.165) is 12.1 Å². The monoisotopic (exact) mass is 288 g/mol. The standard InChI is InChI=1S/C15H12O6/c16-9-3-1-8(2-4-9)5-13(20)15(21)14-11(18)6-10(17)7-12(14)19/h1-4,6-7,16-19H,5H2. The van der Waals surface area contributed by atoms with Gasteiger partial charge < -0.3 is 20.4 Å². The maximum absolute atomic E-state index is 12.0. The van der Waals surface area contributed by atoms with Crippen molar-refractivity contribution in [3.05, 3.63) is 47.5 Å². The molecule has 0 aliphatic heterocycles. The Morgan fingerprint density at radius 3 is 1.86 bits per heavy atom. The van der Waals surface area contributed by atoms with Crippen LogP contribution in [-0.4, -0.2) is 32.0 Å². The Morgan fingerprint density at radius 1 is 0.810 bits per heavy atom. The predicted octanol–water partition coefficient (Wildman–Crippen LogP) is 1.50. The molecule has 2 rings (SSSR count). The molecule has 0 aliphatic carbocycles. The molecule has 6 heteroatoms. The third-order valence-electron chi connectivity index (χ3n) is 2.86. The van der Waals surface area contributed by atoms with Crippen LogP contribution in [0.4, 0.5) is 0 Å². The second-order valence-electron chi connectivity index (χ2n) is 4.45. The highest BCUT2D eigenvalue weighted by Crippen LogP contribution is 2.32. The number of aromatic hydroxyl groups is 4. The number of hydrogen-bond donors (Lipinski definition) is 4. The van der Waals surface area contributed by atoms with Gasteiger partial charge in [-0.2, -0.15) is 0 Å². The average Bonchev–Trinajstić information content (AvgIpc) is 2.40. The molecule has 0 heterocycles. The van der Waals surface area contributed by atoms with E-state index in [2.05, 4.69) is 0 Å². The molecule has 0 saturated heterocycles. The minimum atomic E-state index is -1.06. The van der Waals surface area contributed by atoms with E-state index in [0.29, 0.717) is 5.56 Å². The fourth-order valence-electron chi connectivity index (χ4n) is 1.85. The van der Waals surface area contributed by atoms with Crippen LogP contribution in [0, 0.1) is 0 Å². The molecule has 0 spiro atoms. The van der Waals surface area contributed by atoms with Crippen molar-refractivity contribution in [3.8, 4) is 23.0 Å². The number of rotatable bonds is 4. The summed E-state index contributed by atoms with van der Waals surface area (Å²) in [6.45, 7) is 0. The quantitative estimate of drug-likeness (QED) is 0.500. The van der Waals surface area contributed by atoms with Gasteiger partial charge in [0.05, 0.1) is 0 Å². The summed E-state index contributed by atoms with van der Waals surface area (Å²) >= 11 is 0. The van der Waals surface area contributed by atoms with Crippen LogP contribution in [0.5, 0.6) is 23.0 Å². The highest BCUT2D eigenvalue weighted by atomic mass is 16.3. The molecule has 21 heavy (non-hydrogen) atoms. The van der Waals surface area contributed by atoms with Gasteiger partial charge in [0.2, 0.25) is 11.6 Å². The Morgan fingerprint density at radius 2 is 1.33 bits per heavy atom.